The quantitative estimate of drug-likeness (QED) is 0.795. The Balaban J connectivity index is 2.02. The summed E-state index contributed by atoms with van der Waals surface area (Å²) < 4.78 is 11.4. The fourth-order valence-electron chi connectivity index (χ4n) is 2.58. The van der Waals surface area contributed by atoms with Crippen molar-refractivity contribution in [3.8, 4) is 11.5 Å². The standard InChI is InChI=1S/C17H24N2O5/c1-4-23-14-8-12-7-11(2)24-15(12)9-13(14)10-18-17(22)19(3)6-5-16(20)21/h8-9,11H,4-7,10H2,1-3H3,(H,18,22)(H,20,21). The molecule has 132 valence electrons. The first-order valence-electron chi connectivity index (χ1n) is 8.06. The van der Waals surface area contributed by atoms with Gasteiger partial charge in [0.2, 0.25) is 0 Å². The summed E-state index contributed by atoms with van der Waals surface area (Å²) in [5.41, 5.74) is 1.95. The number of hydrogen-bond donors (Lipinski definition) is 2. The van der Waals surface area contributed by atoms with Crippen molar-refractivity contribution in [2.75, 3.05) is 20.2 Å². The molecule has 0 bridgehead atoms. The molecule has 0 spiro atoms. The van der Waals surface area contributed by atoms with Crippen LogP contribution in [0.3, 0.4) is 0 Å². The van der Waals surface area contributed by atoms with Crippen molar-refractivity contribution in [3.05, 3.63) is 23.3 Å². The molecule has 7 heteroatoms. The predicted octanol–water partition coefficient (Wildman–Crippen LogP) is 2.02. The van der Waals surface area contributed by atoms with Crippen LogP contribution in [0.1, 0.15) is 31.4 Å². The molecule has 24 heavy (non-hydrogen) atoms. The van der Waals surface area contributed by atoms with Crippen LogP contribution in [0.5, 0.6) is 11.5 Å². The lowest BCUT2D eigenvalue weighted by molar-refractivity contribution is -0.137. The van der Waals surface area contributed by atoms with Crippen LogP contribution >= 0.6 is 0 Å². The lowest BCUT2D eigenvalue weighted by Crippen LogP contribution is -2.38. The van der Waals surface area contributed by atoms with Gasteiger partial charge in [-0.3, -0.25) is 4.79 Å². The van der Waals surface area contributed by atoms with Crippen molar-refractivity contribution in [3.63, 3.8) is 0 Å². The van der Waals surface area contributed by atoms with E-state index in [0.717, 1.165) is 29.0 Å². The van der Waals surface area contributed by atoms with E-state index in [0.29, 0.717) is 6.61 Å². The van der Waals surface area contributed by atoms with Crippen molar-refractivity contribution in [1.29, 1.82) is 0 Å². The molecule has 1 atom stereocenters. The zero-order valence-electron chi connectivity index (χ0n) is 14.3. The second-order valence-corrected chi connectivity index (χ2v) is 5.86. The topological polar surface area (TPSA) is 88.1 Å². The Morgan fingerprint density at radius 3 is 2.88 bits per heavy atom. The van der Waals surface area contributed by atoms with Crippen molar-refractivity contribution in [1.82, 2.24) is 10.2 Å². The molecule has 0 aromatic heterocycles. The smallest absolute Gasteiger partial charge is 0.317 e. The molecule has 2 rings (SSSR count). The number of hydrogen-bond acceptors (Lipinski definition) is 4. The average Bonchev–Trinajstić information content (AvgIpc) is 2.89. The van der Waals surface area contributed by atoms with E-state index in [1.165, 1.54) is 4.90 Å². The van der Waals surface area contributed by atoms with Crippen molar-refractivity contribution < 1.29 is 24.2 Å². The van der Waals surface area contributed by atoms with Crippen molar-refractivity contribution in [2.24, 2.45) is 0 Å². The molecule has 1 aromatic carbocycles. The van der Waals surface area contributed by atoms with E-state index in [4.69, 9.17) is 14.6 Å². The molecule has 1 aromatic rings. The maximum Gasteiger partial charge on any atom is 0.317 e. The van der Waals surface area contributed by atoms with Gasteiger partial charge in [0.1, 0.15) is 17.6 Å². The number of carbonyl (C=O) groups excluding carboxylic acids is 1. The van der Waals surface area contributed by atoms with Gasteiger partial charge >= 0.3 is 12.0 Å². The molecular weight excluding hydrogens is 312 g/mol. The number of urea groups is 1. The maximum absolute atomic E-state index is 12.0. The molecule has 1 aliphatic rings. The third-order valence-electron chi connectivity index (χ3n) is 3.82. The van der Waals surface area contributed by atoms with Crippen LogP contribution in [0.4, 0.5) is 4.79 Å². The number of ether oxygens (including phenoxy) is 2. The number of carbonyl (C=O) groups is 2. The fourth-order valence-corrected chi connectivity index (χ4v) is 2.58. The molecule has 0 radical (unpaired) electrons. The minimum atomic E-state index is -0.932. The average molecular weight is 336 g/mol. The van der Waals surface area contributed by atoms with Crippen molar-refractivity contribution >= 4 is 12.0 Å². The van der Waals surface area contributed by atoms with Gasteiger partial charge in [-0.15, -0.1) is 0 Å². The fraction of sp³-hybridized carbons (Fsp3) is 0.529. The van der Waals surface area contributed by atoms with Gasteiger partial charge in [-0.2, -0.15) is 0 Å². The maximum atomic E-state index is 12.0. The van der Waals surface area contributed by atoms with E-state index in [1.54, 1.807) is 7.05 Å². The second-order valence-electron chi connectivity index (χ2n) is 5.86. The zero-order chi connectivity index (χ0) is 17.7. The van der Waals surface area contributed by atoms with Crippen LogP contribution < -0.4 is 14.8 Å². The van der Waals surface area contributed by atoms with Gasteiger partial charge in [0.25, 0.3) is 0 Å². The molecular formula is C17H24N2O5. The summed E-state index contributed by atoms with van der Waals surface area (Å²) in [5.74, 6) is 0.634. The minimum Gasteiger partial charge on any atom is -0.494 e. The summed E-state index contributed by atoms with van der Waals surface area (Å²) >= 11 is 0. The van der Waals surface area contributed by atoms with E-state index in [1.807, 2.05) is 26.0 Å². The van der Waals surface area contributed by atoms with Crippen LogP contribution in [-0.4, -0.2) is 48.3 Å². The number of amides is 2. The monoisotopic (exact) mass is 336 g/mol. The summed E-state index contributed by atoms with van der Waals surface area (Å²) in [5, 5.41) is 11.5. The van der Waals surface area contributed by atoms with Crippen LogP contribution in [0.25, 0.3) is 0 Å². The first-order valence-corrected chi connectivity index (χ1v) is 8.06. The Labute approximate surface area is 141 Å². The van der Waals surface area contributed by atoms with Crippen LogP contribution in [-0.2, 0) is 17.8 Å². The number of fused-ring (bicyclic) bond motifs is 1. The molecule has 0 saturated heterocycles. The van der Waals surface area contributed by atoms with E-state index >= 15 is 0 Å². The zero-order valence-corrected chi connectivity index (χ0v) is 14.3. The summed E-state index contributed by atoms with van der Waals surface area (Å²) in [4.78, 5) is 23.9. The lowest BCUT2D eigenvalue weighted by atomic mass is 10.1. The highest BCUT2D eigenvalue weighted by Crippen LogP contribution is 2.35. The third-order valence-corrected chi connectivity index (χ3v) is 3.82. The third kappa shape index (κ3) is 4.53. The summed E-state index contributed by atoms with van der Waals surface area (Å²) in [6.45, 7) is 4.91. The Hall–Kier alpha value is -2.44. The molecule has 2 N–H and O–H groups in total. The van der Waals surface area contributed by atoms with Crippen LogP contribution in [0.15, 0.2) is 12.1 Å². The van der Waals surface area contributed by atoms with E-state index in [9.17, 15) is 9.59 Å². The molecule has 0 saturated carbocycles. The van der Waals surface area contributed by atoms with Gasteiger partial charge in [0, 0.05) is 37.7 Å². The Kier molecular flexibility index (Phi) is 5.89. The van der Waals surface area contributed by atoms with Gasteiger partial charge in [-0.05, 0) is 26.0 Å². The SMILES string of the molecule is CCOc1cc2c(cc1CNC(=O)N(C)CCC(=O)O)OC(C)C2. The number of nitrogens with one attached hydrogen (secondary N) is 1. The van der Waals surface area contributed by atoms with E-state index < -0.39 is 5.97 Å². The van der Waals surface area contributed by atoms with Gasteiger partial charge < -0.3 is 24.8 Å². The van der Waals surface area contributed by atoms with E-state index in [-0.39, 0.29) is 31.6 Å². The highest BCUT2D eigenvalue weighted by molar-refractivity contribution is 5.75. The van der Waals surface area contributed by atoms with Gasteiger partial charge in [0.05, 0.1) is 13.0 Å². The van der Waals surface area contributed by atoms with Crippen LogP contribution in [0, 0.1) is 0 Å². The molecule has 7 nitrogen and oxygen atoms in total. The first kappa shape index (κ1) is 17.9. The summed E-state index contributed by atoms with van der Waals surface area (Å²) in [7, 11) is 1.56. The Morgan fingerprint density at radius 1 is 1.46 bits per heavy atom. The molecule has 0 aliphatic carbocycles. The van der Waals surface area contributed by atoms with Gasteiger partial charge in [-0.25, -0.2) is 4.79 Å². The number of carboxylic acid groups (broad SMARTS) is 1. The second kappa shape index (κ2) is 7.90. The Bertz CT molecular complexity index is 617. The minimum absolute atomic E-state index is 0.0846. The van der Waals surface area contributed by atoms with Crippen LogP contribution in [0.2, 0.25) is 0 Å². The molecule has 1 unspecified atom stereocenters. The number of rotatable bonds is 7. The molecule has 2 amide bonds. The number of benzene rings is 1. The molecule has 1 aliphatic heterocycles. The highest BCUT2D eigenvalue weighted by Gasteiger charge is 2.22. The normalized spacial score (nSPS) is 15.4. The lowest BCUT2D eigenvalue weighted by Gasteiger charge is -2.18. The number of aliphatic carboxylic acids is 1. The highest BCUT2D eigenvalue weighted by atomic mass is 16.5. The summed E-state index contributed by atoms with van der Waals surface area (Å²) in [6, 6.07) is 3.55. The Morgan fingerprint density at radius 2 is 2.21 bits per heavy atom. The summed E-state index contributed by atoms with van der Waals surface area (Å²) in [6.07, 6.45) is 0.903. The number of nitrogens with zero attached hydrogens (tertiary/aromatic N) is 1. The predicted molar refractivity (Wildman–Crippen MR) is 88.5 cm³/mol. The first-order chi connectivity index (χ1) is 11.4. The largest absolute Gasteiger partial charge is 0.494 e. The van der Waals surface area contributed by atoms with Gasteiger partial charge in [0.15, 0.2) is 0 Å². The van der Waals surface area contributed by atoms with Crippen molar-refractivity contribution in [2.45, 2.75) is 39.3 Å². The molecule has 1 heterocycles. The van der Waals surface area contributed by atoms with E-state index in [2.05, 4.69) is 5.32 Å². The van der Waals surface area contributed by atoms with Gasteiger partial charge in [-0.1, -0.05) is 0 Å². The molecule has 0 fully saturated rings. The number of carboxylic acids is 1.